The van der Waals surface area contributed by atoms with Crippen LogP contribution in [-0.4, -0.2) is 26.1 Å². The van der Waals surface area contributed by atoms with Crippen LogP contribution in [0.3, 0.4) is 0 Å². The third-order valence-electron chi connectivity index (χ3n) is 3.40. The molecule has 1 fully saturated rings. The zero-order chi connectivity index (χ0) is 11.1. The molecule has 0 saturated heterocycles. The van der Waals surface area contributed by atoms with Gasteiger partial charge in [0, 0.05) is 6.20 Å². The van der Waals surface area contributed by atoms with E-state index in [0.29, 0.717) is 24.7 Å². The molecule has 5 nitrogen and oxygen atoms in total. The van der Waals surface area contributed by atoms with Gasteiger partial charge in [-0.2, -0.15) is 0 Å². The lowest BCUT2D eigenvalue weighted by molar-refractivity contribution is -0.158. The van der Waals surface area contributed by atoms with Crippen molar-refractivity contribution >= 4 is 5.97 Å². The quantitative estimate of drug-likeness (QED) is 0.810. The Bertz CT molecular complexity index is 353. The normalized spacial score (nSPS) is 30.2. The van der Waals surface area contributed by atoms with Gasteiger partial charge in [0.25, 0.3) is 0 Å². The molecule has 82 valence electrons. The topological polar surface area (TPSA) is 68.0 Å². The minimum atomic E-state index is -0.842. The number of nitrogens with zero attached hydrogens (tertiary/aromatic N) is 3. The highest BCUT2D eigenvalue weighted by molar-refractivity contribution is 5.77. The van der Waals surface area contributed by atoms with E-state index < -0.39 is 11.5 Å². The zero-order valence-electron chi connectivity index (χ0n) is 8.92. The van der Waals surface area contributed by atoms with E-state index in [1.165, 1.54) is 10.9 Å². The number of hydrogen-bond donors (Lipinski definition) is 1. The number of carboxylic acids is 1. The first-order valence-corrected chi connectivity index (χ1v) is 5.16. The second-order valence-corrected chi connectivity index (χ2v) is 4.60. The van der Waals surface area contributed by atoms with E-state index in [4.69, 9.17) is 0 Å². The number of carboxylic acid groups (broad SMARTS) is 1. The third kappa shape index (κ3) is 1.42. The van der Waals surface area contributed by atoms with Crippen LogP contribution in [0.2, 0.25) is 0 Å². The highest BCUT2D eigenvalue weighted by Gasteiger charge is 2.53. The van der Waals surface area contributed by atoms with Gasteiger partial charge in [0.1, 0.15) is 0 Å². The summed E-state index contributed by atoms with van der Waals surface area (Å²) in [6.07, 6.45) is 4.46. The Balaban J connectivity index is 2.21. The zero-order valence-corrected chi connectivity index (χ0v) is 8.92. The molecule has 1 N–H and O–H groups in total. The van der Waals surface area contributed by atoms with Crippen molar-refractivity contribution in [2.24, 2.45) is 11.8 Å². The Hall–Kier alpha value is -1.39. The first kappa shape index (κ1) is 10.1. The molecule has 0 bridgehead atoms. The maximum Gasteiger partial charge on any atom is 0.331 e. The summed E-state index contributed by atoms with van der Waals surface area (Å²) in [6, 6.07) is 0. The molecule has 0 aromatic carbocycles. The van der Waals surface area contributed by atoms with Crippen LogP contribution >= 0.6 is 0 Å². The number of rotatable bonds is 3. The molecule has 2 rings (SSSR count). The molecule has 1 saturated carbocycles. The van der Waals surface area contributed by atoms with Gasteiger partial charge in [0.15, 0.2) is 5.54 Å². The second kappa shape index (κ2) is 3.32. The predicted octanol–water partition coefficient (Wildman–Crippen LogP) is 1.12. The van der Waals surface area contributed by atoms with Gasteiger partial charge in [-0.1, -0.05) is 19.1 Å². The van der Waals surface area contributed by atoms with Crippen molar-refractivity contribution in [1.29, 1.82) is 0 Å². The van der Waals surface area contributed by atoms with Crippen molar-refractivity contribution in [3.8, 4) is 0 Å². The summed E-state index contributed by atoms with van der Waals surface area (Å²) in [4.78, 5) is 11.3. The van der Waals surface area contributed by atoms with Gasteiger partial charge in [0.2, 0.25) is 0 Å². The summed E-state index contributed by atoms with van der Waals surface area (Å²) in [5, 5.41) is 16.7. The van der Waals surface area contributed by atoms with E-state index in [0.717, 1.165) is 0 Å². The van der Waals surface area contributed by atoms with Crippen molar-refractivity contribution in [1.82, 2.24) is 15.0 Å². The molecule has 5 heteroatoms. The number of aliphatic carboxylic acids is 1. The smallest absolute Gasteiger partial charge is 0.331 e. The molecule has 1 aliphatic carbocycles. The van der Waals surface area contributed by atoms with Crippen LogP contribution in [0.15, 0.2) is 12.4 Å². The standard InChI is InChI=1S/C10H15N3O2/c1-7(2)8-5-10(6-8,9(14)15)13-4-3-11-12-13/h3-4,7-8H,5-6H2,1-2H3,(H,14,15). The molecule has 15 heavy (non-hydrogen) atoms. The Morgan fingerprint density at radius 1 is 1.60 bits per heavy atom. The summed E-state index contributed by atoms with van der Waals surface area (Å²) in [7, 11) is 0. The van der Waals surface area contributed by atoms with Crippen LogP contribution in [0.5, 0.6) is 0 Å². The van der Waals surface area contributed by atoms with Crippen molar-refractivity contribution < 1.29 is 9.90 Å². The average Bonchev–Trinajstić information content (AvgIpc) is 2.53. The number of hydrogen-bond acceptors (Lipinski definition) is 3. The summed E-state index contributed by atoms with van der Waals surface area (Å²) >= 11 is 0. The van der Waals surface area contributed by atoms with Crippen LogP contribution in [0, 0.1) is 11.8 Å². The van der Waals surface area contributed by atoms with Gasteiger partial charge in [0.05, 0.1) is 6.20 Å². The highest BCUT2D eigenvalue weighted by atomic mass is 16.4. The van der Waals surface area contributed by atoms with E-state index in [9.17, 15) is 9.90 Å². The largest absolute Gasteiger partial charge is 0.479 e. The molecule has 0 radical (unpaired) electrons. The summed E-state index contributed by atoms with van der Waals surface area (Å²) in [6.45, 7) is 4.25. The minimum absolute atomic E-state index is 0.477. The molecule has 1 aliphatic rings. The van der Waals surface area contributed by atoms with Crippen LogP contribution in [-0.2, 0) is 10.3 Å². The Kier molecular flexibility index (Phi) is 2.25. The van der Waals surface area contributed by atoms with Crippen molar-refractivity contribution in [2.45, 2.75) is 32.2 Å². The fourth-order valence-electron chi connectivity index (χ4n) is 2.18. The molecule has 0 spiro atoms. The van der Waals surface area contributed by atoms with E-state index in [1.54, 1.807) is 6.20 Å². The summed E-state index contributed by atoms with van der Waals surface area (Å²) in [5.41, 5.74) is -0.842. The molecule has 1 aromatic heterocycles. The van der Waals surface area contributed by atoms with Gasteiger partial charge in [-0.15, -0.1) is 5.10 Å². The maximum atomic E-state index is 11.3. The lowest BCUT2D eigenvalue weighted by atomic mass is 9.64. The monoisotopic (exact) mass is 209 g/mol. The molecule has 0 unspecified atom stereocenters. The fraction of sp³-hybridized carbons (Fsp3) is 0.700. The summed E-state index contributed by atoms with van der Waals surface area (Å²) in [5.74, 6) is 0.205. The van der Waals surface area contributed by atoms with Crippen molar-refractivity contribution in [2.75, 3.05) is 0 Å². The van der Waals surface area contributed by atoms with Gasteiger partial charge in [-0.25, -0.2) is 9.48 Å². The van der Waals surface area contributed by atoms with E-state index in [1.807, 2.05) is 0 Å². The fourth-order valence-corrected chi connectivity index (χ4v) is 2.18. The highest BCUT2D eigenvalue weighted by Crippen LogP contribution is 2.47. The first-order valence-electron chi connectivity index (χ1n) is 5.16. The number of aromatic nitrogens is 3. The lowest BCUT2D eigenvalue weighted by Gasteiger charge is -2.45. The maximum absolute atomic E-state index is 11.3. The summed E-state index contributed by atoms with van der Waals surface area (Å²) < 4.78 is 1.48. The Labute approximate surface area is 88.1 Å². The van der Waals surface area contributed by atoms with Crippen molar-refractivity contribution in [3.05, 3.63) is 12.4 Å². The van der Waals surface area contributed by atoms with Gasteiger partial charge in [-0.3, -0.25) is 0 Å². The molecular weight excluding hydrogens is 194 g/mol. The van der Waals surface area contributed by atoms with Crippen LogP contribution in [0.25, 0.3) is 0 Å². The molecule has 0 amide bonds. The molecule has 1 heterocycles. The van der Waals surface area contributed by atoms with Crippen LogP contribution in [0.4, 0.5) is 0 Å². The third-order valence-corrected chi connectivity index (χ3v) is 3.40. The van der Waals surface area contributed by atoms with E-state index in [-0.39, 0.29) is 0 Å². The SMILES string of the molecule is CC(C)C1CC(C(=O)O)(n2ccnn2)C1. The molecule has 0 atom stereocenters. The van der Waals surface area contributed by atoms with Gasteiger partial charge < -0.3 is 5.11 Å². The molecular formula is C10H15N3O2. The van der Waals surface area contributed by atoms with Crippen LogP contribution < -0.4 is 0 Å². The predicted molar refractivity (Wildman–Crippen MR) is 53.2 cm³/mol. The Morgan fingerprint density at radius 3 is 2.67 bits per heavy atom. The van der Waals surface area contributed by atoms with Crippen molar-refractivity contribution in [3.63, 3.8) is 0 Å². The average molecular weight is 209 g/mol. The van der Waals surface area contributed by atoms with Gasteiger partial charge >= 0.3 is 5.97 Å². The number of carbonyl (C=O) groups is 1. The lowest BCUT2D eigenvalue weighted by Crippen LogP contribution is -2.54. The molecule has 0 aliphatic heterocycles. The Morgan fingerprint density at radius 2 is 2.27 bits per heavy atom. The van der Waals surface area contributed by atoms with Crippen LogP contribution in [0.1, 0.15) is 26.7 Å². The van der Waals surface area contributed by atoms with E-state index in [2.05, 4.69) is 24.2 Å². The second-order valence-electron chi connectivity index (χ2n) is 4.60. The minimum Gasteiger partial charge on any atom is -0.479 e. The van der Waals surface area contributed by atoms with Gasteiger partial charge in [-0.05, 0) is 24.7 Å². The first-order chi connectivity index (χ1) is 7.06. The van der Waals surface area contributed by atoms with E-state index >= 15 is 0 Å². The molecule has 1 aromatic rings.